The minimum absolute atomic E-state index is 0. The first kappa shape index (κ1) is 23.1. The third-order valence-electron chi connectivity index (χ3n) is 3.87. The fourth-order valence-corrected chi connectivity index (χ4v) is 2.53. The van der Waals surface area contributed by atoms with Gasteiger partial charge >= 0.3 is 0 Å². The van der Waals surface area contributed by atoms with E-state index in [1.165, 1.54) is 6.07 Å². The zero-order valence-electron chi connectivity index (χ0n) is 15.3. The summed E-state index contributed by atoms with van der Waals surface area (Å²) in [5.41, 5.74) is 1.50. The predicted molar refractivity (Wildman–Crippen MR) is 116 cm³/mol. The Bertz CT molecular complexity index is 724. The van der Waals surface area contributed by atoms with Crippen molar-refractivity contribution in [2.24, 2.45) is 4.99 Å². The zero-order chi connectivity index (χ0) is 18.8. The molecule has 0 aliphatic carbocycles. The van der Waals surface area contributed by atoms with Crippen LogP contribution in [0.5, 0.6) is 5.75 Å². The third kappa shape index (κ3) is 8.55. The Morgan fingerprint density at radius 1 is 1.04 bits per heavy atom. The minimum Gasteiger partial charge on any atom is -0.508 e. The second kappa shape index (κ2) is 12.5. The first-order valence-electron chi connectivity index (χ1n) is 8.82. The standard InChI is InChI=1S/C20H25F2N3O.HI/c1-2-23-20(24-12-3-4-15-5-8-18(26)9-6-15)25-13-11-16-14-17(21)7-10-19(16)22;/h5-10,14,26H,2-4,11-13H2,1H3,(H2,23,24,25);1H. The molecule has 0 bridgehead atoms. The van der Waals surface area contributed by atoms with E-state index in [0.717, 1.165) is 37.1 Å². The highest BCUT2D eigenvalue weighted by Crippen LogP contribution is 2.11. The van der Waals surface area contributed by atoms with Crippen LogP contribution in [0.25, 0.3) is 0 Å². The lowest BCUT2D eigenvalue weighted by molar-refractivity contribution is 0.475. The maximum atomic E-state index is 13.6. The van der Waals surface area contributed by atoms with Gasteiger partial charge in [-0.2, -0.15) is 0 Å². The van der Waals surface area contributed by atoms with Crippen molar-refractivity contribution in [3.05, 3.63) is 65.2 Å². The van der Waals surface area contributed by atoms with Crippen molar-refractivity contribution in [2.75, 3.05) is 19.6 Å². The van der Waals surface area contributed by atoms with E-state index in [1.54, 1.807) is 12.1 Å². The molecule has 2 aromatic rings. The Morgan fingerprint density at radius 2 is 1.78 bits per heavy atom. The molecule has 0 radical (unpaired) electrons. The number of phenolic OH excluding ortho intramolecular Hbond substituents is 1. The maximum Gasteiger partial charge on any atom is 0.191 e. The monoisotopic (exact) mass is 489 g/mol. The third-order valence-corrected chi connectivity index (χ3v) is 3.87. The number of hydrogen-bond acceptors (Lipinski definition) is 2. The number of hydrogen-bond donors (Lipinski definition) is 3. The largest absolute Gasteiger partial charge is 0.508 e. The molecular weight excluding hydrogens is 463 g/mol. The second-order valence-corrected chi connectivity index (χ2v) is 5.94. The molecule has 0 saturated heterocycles. The Labute approximate surface area is 176 Å². The summed E-state index contributed by atoms with van der Waals surface area (Å²) in [5, 5.41) is 15.6. The van der Waals surface area contributed by atoms with E-state index < -0.39 is 11.6 Å². The maximum absolute atomic E-state index is 13.6. The van der Waals surface area contributed by atoms with Crippen LogP contribution in [-0.4, -0.2) is 30.7 Å². The van der Waals surface area contributed by atoms with Gasteiger partial charge in [0.1, 0.15) is 17.4 Å². The van der Waals surface area contributed by atoms with Gasteiger partial charge in [-0.3, -0.25) is 4.99 Å². The number of nitrogens with one attached hydrogen (secondary N) is 2. The van der Waals surface area contributed by atoms with Crippen LogP contribution in [0, 0.1) is 11.6 Å². The topological polar surface area (TPSA) is 56.7 Å². The molecule has 0 unspecified atom stereocenters. The highest BCUT2D eigenvalue weighted by atomic mass is 127. The predicted octanol–water partition coefficient (Wildman–Crippen LogP) is 4.02. The van der Waals surface area contributed by atoms with Crippen molar-refractivity contribution in [3.63, 3.8) is 0 Å². The van der Waals surface area contributed by atoms with Crippen molar-refractivity contribution < 1.29 is 13.9 Å². The van der Waals surface area contributed by atoms with Gasteiger partial charge in [-0.15, -0.1) is 24.0 Å². The first-order valence-corrected chi connectivity index (χ1v) is 8.82. The molecule has 0 aliphatic rings. The lowest BCUT2D eigenvalue weighted by atomic mass is 10.1. The van der Waals surface area contributed by atoms with Crippen LogP contribution in [-0.2, 0) is 12.8 Å². The van der Waals surface area contributed by atoms with Crippen LogP contribution in [0.4, 0.5) is 8.78 Å². The number of aromatic hydroxyl groups is 1. The van der Waals surface area contributed by atoms with Gasteiger partial charge in [0.25, 0.3) is 0 Å². The van der Waals surface area contributed by atoms with Crippen molar-refractivity contribution in [1.82, 2.24) is 10.6 Å². The molecule has 2 aromatic carbocycles. The second-order valence-electron chi connectivity index (χ2n) is 5.94. The summed E-state index contributed by atoms with van der Waals surface area (Å²) in [5.74, 6) is 0.0930. The molecule has 0 aromatic heterocycles. The van der Waals surface area contributed by atoms with Crippen molar-refractivity contribution >= 4 is 29.9 Å². The van der Waals surface area contributed by atoms with E-state index in [-0.39, 0.29) is 29.7 Å². The normalized spacial score (nSPS) is 11.0. The molecule has 2 rings (SSSR count). The molecule has 0 heterocycles. The number of nitrogens with zero attached hydrogens (tertiary/aromatic N) is 1. The quantitative estimate of drug-likeness (QED) is 0.227. The molecule has 0 atom stereocenters. The molecule has 148 valence electrons. The van der Waals surface area contributed by atoms with Crippen molar-refractivity contribution in [1.29, 1.82) is 0 Å². The number of benzene rings is 2. The lowest BCUT2D eigenvalue weighted by Gasteiger charge is -2.11. The van der Waals surface area contributed by atoms with Gasteiger partial charge in [-0.1, -0.05) is 12.1 Å². The van der Waals surface area contributed by atoms with Crippen LogP contribution in [0.1, 0.15) is 24.5 Å². The molecule has 27 heavy (non-hydrogen) atoms. The van der Waals surface area contributed by atoms with E-state index in [9.17, 15) is 13.9 Å². The first-order chi connectivity index (χ1) is 12.6. The minimum atomic E-state index is -0.434. The summed E-state index contributed by atoms with van der Waals surface area (Å²) in [6.07, 6.45) is 2.12. The summed E-state index contributed by atoms with van der Waals surface area (Å²) in [6.45, 7) is 3.80. The fraction of sp³-hybridized carbons (Fsp3) is 0.350. The van der Waals surface area contributed by atoms with Crippen LogP contribution >= 0.6 is 24.0 Å². The summed E-state index contributed by atoms with van der Waals surface area (Å²) in [4.78, 5) is 4.49. The summed E-state index contributed by atoms with van der Waals surface area (Å²) in [7, 11) is 0. The van der Waals surface area contributed by atoms with Gasteiger partial charge in [0.2, 0.25) is 0 Å². The molecule has 0 saturated carbocycles. The van der Waals surface area contributed by atoms with Gasteiger partial charge in [-0.05, 0) is 67.6 Å². The van der Waals surface area contributed by atoms with E-state index in [1.807, 2.05) is 19.1 Å². The molecule has 0 spiro atoms. The smallest absolute Gasteiger partial charge is 0.191 e. The molecule has 4 nitrogen and oxygen atoms in total. The highest BCUT2D eigenvalue weighted by molar-refractivity contribution is 14.0. The van der Waals surface area contributed by atoms with Gasteiger partial charge < -0.3 is 15.7 Å². The van der Waals surface area contributed by atoms with Crippen LogP contribution in [0.3, 0.4) is 0 Å². The number of aliphatic imine (C=N–C) groups is 1. The molecule has 0 fully saturated rings. The summed E-state index contributed by atoms with van der Waals surface area (Å²) >= 11 is 0. The fourth-order valence-electron chi connectivity index (χ4n) is 2.53. The lowest BCUT2D eigenvalue weighted by Crippen LogP contribution is -2.38. The van der Waals surface area contributed by atoms with E-state index in [0.29, 0.717) is 31.0 Å². The van der Waals surface area contributed by atoms with Gasteiger partial charge in [0, 0.05) is 19.6 Å². The SMILES string of the molecule is CCNC(=NCCCc1ccc(O)cc1)NCCc1cc(F)ccc1F.I. The molecular formula is C20H26F2IN3O. The van der Waals surface area contributed by atoms with Gasteiger partial charge in [0.05, 0.1) is 0 Å². The number of guanidine groups is 1. The van der Waals surface area contributed by atoms with Gasteiger partial charge in [-0.25, -0.2) is 8.78 Å². The molecule has 0 aliphatic heterocycles. The van der Waals surface area contributed by atoms with Crippen LogP contribution < -0.4 is 10.6 Å². The molecule has 7 heteroatoms. The Balaban J connectivity index is 0.00000364. The number of rotatable bonds is 8. The summed E-state index contributed by atoms with van der Waals surface area (Å²) in [6, 6.07) is 10.6. The van der Waals surface area contributed by atoms with E-state index in [4.69, 9.17) is 0 Å². The highest BCUT2D eigenvalue weighted by Gasteiger charge is 2.04. The molecule has 3 N–H and O–H groups in total. The zero-order valence-corrected chi connectivity index (χ0v) is 17.7. The molecule has 0 amide bonds. The number of aryl methyl sites for hydroxylation is 1. The summed E-state index contributed by atoms with van der Waals surface area (Å²) < 4.78 is 26.8. The van der Waals surface area contributed by atoms with Crippen molar-refractivity contribution in [2.45, 2.75) is 26.2 Å². The Hall–Kier alpha value is -1.90. The average molecular weight is 489 g/mol. The van der Waals surface area contributed by atoms with Crippen LogP contribution in [0.2, 0.25) is 0 Å². The van der Waals surface area contributed by atoms with Gasteiger partial charge in [0.15, 0.2) is 5.96 Å². The number of phenols is 1. The average Bonchev–Trinajstić information content (AvgIpc) is 2.63. The van der Waals surface area contributed by atoms with E-state index in [2.05, 4.69) is 15.6 Å². The van der Waals surface area contributed by atoms with E-state index >= 15 is 0 Å². The Morgan fingerprint density at radius 3 is 2.48 bits per heavy atom. The van der Waals surface area contributed by atoms with Crippen LogP contribution in [0.15, 0.2) is 47.5 Å². The number of halogens is 3. The van der Waals surface area contributed by atoms with Crippen molar-refractivity contribution in [3.8, 4) is 5.75 Å². The Kier molecular flexibility index (Phi) is 10.7.